The Kier molecular flexibility index (Phi) is 5.58. The van der Waals surface area contributed by atoms with E-state index >= 15 is 0 Å². The normalized spacial score (nSPS) is 15.6. The predicted octanol–water partition coefficient (Wildman–Crippen LogP) is 3.08. The van der Waals surface area contributed by atoms with Crippen molar-refractivity contribution >= 4 is 34.4 Å². The molecule has 26 heavy (non-hydrogen) atoms. The summed E-state index contributed by atoms with van der Waals surface area (Å²) in [6, 6.07) is 5.44. The highest BCUT2D eigenvalue weighted by molar-refractivity contribution is 7.99. The minimum Gasteiger partial charge on any atom is -0.493 e. The molecule has 1 aliphatic heterocycles. The summed E-state index contributed by atoms with van der Waals surface area (Å²) in [5.74, 6) is 1.59. The zero-order valence-electron chi connectivity index (χ0n) is 15.0. The summed E-state index contributed by atoms with van der Waals surface area (Å²) < 4.78 is 12.6. The number of hydrogen-bond acceptors (Lipinski definition) is 5. The zero-order valence-corrected chi connectivity index (χ0v) is 15.8. The molecule has 0 bridgehead atoms. The number of benzene rings is 1. The number of rotatable bonds is 9. The molecule has 6 nitrogen and oxygen atoms in total. The summed E-state index contributed by atoms with van der Waals surface area (Å²) in [6.07, 6.45) is 1.60. The molecule has 0 unspecified atom stereocenters. The zero-order chi connectivity index (χ0) is 18.7. The van der Waals surface area contributed by atoms with Crippen LogP contribution < -0.4 is 4.74 Å². The number of fused-ring (bicyclic) bond motifs is 1. The van der Waals surface area contributed by atoms with Gasteiger partial charge in [0, 0.05) is 39.6 Å². The van der Waals surface area contributed by atoms with Crippen LogP contribution >= 0.6 is 11.8 Å². The van der Waals surface area contributed by atoms with Crippen molar-refractivity contribution in [1.82, 2.24) is 4.57 Å². The fourth-order valence-electron chi connectivity index (χ4n) is 2.99. The maximum atomic E-state index is 11.9. The molecule has 7 heteroatoms. The van der Waals surface area contributed by atoms with E-state index < -0.39 is 5.97 Å². The average Bonchev–Trinajstić information content (AvgIpc) is 2.90. The Morgan fingerprint density at radius 3 is 2.77 bits per heavy atom. The van der Waals surface area contributed by atoms with Crippen molar-refractivity contribution in [3.63, 3.8) is 0 Å². The second-order valence-corrected chi connectivity index (χ2v) is 8.11. The number of carboxylic acids is 1. The van der Waals surface area contributed by atoms with E-state index in [0.717, 1.165) is 35.6 Å². The number of ether oxygens (including phenoxy) is 2. The lowest BCUT2D eigenvalue weighted by molar-refractivity contribution is -0.137. The van der Waals surface area contributed by atoms with Crippen molar-refractivity contribution < 1.29 is 24.2 Å². The maximum absolute atomic E-state index is 11.9. The summed E-state index contributed by atoms with van der Waals surface area (Å²) >= 11 is 1.85. The third-order valence-electron chi connectivity index (χ3n) is 4.39. The van der Waals surface area contributed by atoms with Crippen LogP contribution in [0, 0.1) is 5.41 Å². The summed E-state index contributed by atoms with van der Waals surface area (Å²) in [6.45, 7) is 5.77. The van der Waals surface area contributed by atoms with Crippen LogP contribution in [0.15, 0.2) is 24.4 Å². The highest BCUT2D eigenvalue weighted by Crippen LogP contribution is 2.31. The number of thioether (sulfide) groups is 1. The molecule has 0 spiro atoms. The van der Waals surface area contributed by atoms with Crippen molar-refractivity contribution in [2.24, 2.45) is 5.41 Å². The molecule has 0 amide bonds. The Balaban J connectivity index is 1.64. The molecule has 140 valence electrons. The first-order chi connectivity index (χ1) is 12.4. The summed E-state index contributed by atoms with van der Waals surface area (Å²) in [5.41, 5.74) is 1.53. The van der Waals surface area contributed by atoms with E-state index in [1.807, 2.05) is 23.9 Å². The number of Topliss-reactive ketones (excluding diaryl/α,β-unsaturated/α-hetero) is 1. The first-order valence-electron chi connectivity index (χ1n) is 8.52. The average molecular weight is 377 g/mol. The molecule has 1 fully saturated rings. The number of aliphatic carboxylic acids is 1. The van der Waals surface area contributed by atoms with Gasteiger partial charge in [-0.15, -0.1) is 0 Å². The van der Waals surface area contributed by atoms with Gasteiger partial charge in [0.05, 0.1) is 19.8 Å². The molecular formula is C19H23NO5S. The number of hydrogen-bond donors (Lipinski definition) is 1. The van der Waals surface area contributed by atoms with Gasteiger partial charge in [-0.1, -0.05) is 6.92 Å². The molecule has 0 saturated carbocycles. The van der Waals surface area contributed by atoms with Crippen molar-refractivity contribution in [3.8, 4) is 5.75 Å². The quantitative estimate of drug-likeness (QED) is 0.534. The second kappa shape index (κ2) is 7.72. The van der Waals surface area contributed by atoms with E-state index in [2.05, 4.69) is 6.92 Å². The van der Waals surface area contributed by atoms with Gasteiger partial charge < -0.3 is 19.1 Å². The number of nitrogens with zero attached hydrogens (tertiary/aromatic N) is 1. The highest BCUT2D eigenvalue weighted by Gasteiger charge is 2.32. The van der Waals surface area contributed by atoms with Crippen LogP contribution in [0.2, 0.25) is 0 Å². The Hall–Kier alpha value is -1.99. The smallest absolute Gasteiger partial charge is 0.323 e. The topological polar surface area (TPSA) is 77.8 Å². The number of ketones is 1. The molecule has 0 aliphatic carbocycles. The molecule has 2 heterocycles. The fourth-order valence-corrected chi connectivity index (χ4v) is 4.00. The molecule has 2 aromatic rings. The molecule has 1 N–H and O–H groups in total. The lowest BCUT2D eigenvalue weighted by Crippen LogP contribution is -2.41. The Morgan fingerprint density at radius 1 is 1.38 bits per heavy atom. The van der Waals surface area contributed by atoms with Crippen molar-refractivity contribution in [3.05, 3.63) is 30.0 Å². The van der Waals surface area contributed by atoms with Gasteiger partial charge in [-0.05, 0) is 25.1 Å². The van der Waals surface area contributed by atoms with Gasteiger partial charge in [-0.3, -0.25) is 9.59 Å². The molecule has 3 rings (SSSR count). The summed E-state index contributed by atoms with van der Waals surface area (Å²) in [7, 11) is 0. The molecule has 1 aromatic carbocycles. The van der Waals surface area contributed by atoms with Crippen LogP contribution in [0.25, 0.3) is 10.9 Å². The van der Waals surface area contributed by atoms with E-state index in [4.69, 9.17) is 14.6 Å². The molecule has 1 aromatic heterocycles. The van der Waals surface area contributed by atoms with Gasteiger partial charge >= 0.3 is 5.97 Å². The van der Waals surface area contributed by atoms with Crippen molar-refractivity contribution in [2.75, 3.05) is 31.3 Å². The van der Waals surface area contributed by atoms with Crippen LogP contribution in [0.4, 0.5) is 0 Å². The third kappa shape index (κ3) is 4.22. The minimum absolute atomic E-state index is 0.0946. The number of carbonyl (C=O) groups is 2. The van der Waals surface area contributed by atoms with Gasteiger partial charge in [-0.25, -0.2) is 0 Å². The predicted molar refractivity (Wildman–Crippen MR) is 101 cm³/mol. The number of carbonyl (C=O) groups excluding carboxylic acids is 1. The van der Waals surface area contributed by atoms with Gasteiger partial charge in [0.25, 0.3) is 0 Å². The van der Waals surface area contributed by atoms with Gasteiger partial charge in [0.15, 0.2) is 5.78 Å². The van der Waals surface area contributed by atoms with Crippen LogP contribution in [0.1, 0.15) is 24.2 Å². The fraction of sp³-hybridized carbons (Fsp3) is 0.474. The molecule has 1 aliphatic rings. The van der Waals surface area contributed by atoms with Crippen molar-refractivity contribution in [1.29, 1.82) is 0 Å². The number of carboxylic acid groups (broad SMARTS) is 1. The monoisotopic (exact) mass is 377 g/mol. The summed E-state index contributed by atoms with van der Waals surface area (Å²) in [4.78, 5) is 22.9. The molecule has 0 atom stereocenters. The first kappa shape index (κ1) is 18.8. The first-order valence-corrected chi connectivity index (χ1v) is 9.67. The highest BCUT2D eigenvalue weighted by atomic mass is 32.2. The van der Waals surface area contributed by atoms with Crippen LogP contribution in [-0.4, -0.2) is 52.8 Å². The van der Waals surface area contributed by atoms with E-state index in [0.29, 0.717) is 23.3 Å². The van der Waals surface area contributed by atoms with Crippen LogP contribution in [0.3, 0.4) is 0 Å². The maximum Gasteiger partial charge on any atom is 0.323 e. The lowest BCUT2D eigenvalue weighted by atomic mass is 9.92. The van der Waals surface area contributed by atoms with Crippen LogP contribution in [0.5, 0.6) is 5.75 Å². The summed E-state index contributed by atoms with van der Waals surface area (Å²) in [5, 5.41) is 9.76. The SMILES string of the molecule is CC(=O)c1cn(CC(=O)O)c2ccc(OCCSCC3(C)COC3)cc12. The Morgan fingerprint density at radius 2 is 2.15 bits per heavy atom. The molecule has 1 saturated heterocycles. The third-order valence-corrected chi connectivity index (χ3v) is 5.74. The van der Waals surface area contributed by atoms with Gasteiger partial charge in [-0.2, -0.15) is 11.8 Å². The standard InChI is InChI=1S/C19H23NO5S/c1-13(21)16-8-20(9-18(22)23)17-4-3-14(7-15(16)17)25-5-6-26-12-19(2)10-24-11-19/h3-4,7-8H,5-6,9-12H2,1-2H3,(H,22,23). The van der Waals surface area contributed by atoms with Crippen molar-refractivity contribution in [2.45, 2.75) is 20.4 Å². The molecular weight excluding hydrogens is 354 g/mol. The van der Waals surface area contributed by atoms with E-state index in [1.54, 1.807) is 16.8 Å². The Bertz CT molecular complexity index is 825. The van der Waals surface area contributed by atoms with E-state index in [-0.39, 0.29) is 12.3 Å². The largest absolute Gasteiger partial charge is 0.493 e. The minimum atomic E-state index is -0.945. The second-order valence-electron chi connectivity index (χ2n) is 7.00. The van der Waals surface area contributed by atoms with Gasteiger partial charge in [0.1, 0.15) is 12.3 Å². The van der Waals surface area contributed by atoms with Crippen LogP contribution in [-0.2, 0) is 16.1 Å². The Labute approximate surface area is 156 Å². The lowest BCUT2D eigenvalue weighted by Gasteiger charge is -2.37. The van der Waals surface area contributed by atoms with Gasteiger partial charge in [0.2, 0.25) is 0 Å². The number of aromatic nitrogens is 1. The van der Waals surface area contributed by atoms with E-state index in [9.17, 15) is 9.59 Å². The van der Waals surface area contributed by atoms with E-state index in [1.165, 1.54) is 6.92 Å². The molecule has 0 radical (unpaired) electrons.